The van der Waals surface area contributed by atoms with Gasteiger partial charge in [-0.05, 0) is 13.0 Å². The maximum atomic E-state index is 10.3. The molecular formula is C9H17NO2. The van der Waals surface area contributed by atoms with Crippen LogP contribution in [0.3, 0.4) is 0 Å². The fraction of sp³-hybridized carbons (Fsp3) is 0.778. The Labute approximate surface area is 73.5 Å². The highest BCUT2D eigenvalue weighted by Gasteiger charge is 2.03. The summed E-state index contributed by atoms with van der Waals surface area (Å²) in [6, 6.07) is -0.278. The zero-order chi connectivity index (χ0) is 9.23. The van der Waals surface area contributed by atoms with Gasteiger partial charge in [0.15, 0.2) is 0 Å². The highest BCUT2D eigenvalue weighted by atomic mass is 16.1. The molecule has 0 aromatic carbocycles. The van der Waals surface area contributed by atoms with Gasteiger partial charge in [0.2, 0.25) is 0 Å². The van der Waals surface area contributed by atoms with Crippen molar-refractivity contribution >= 4 is 12.6 Å². The lowest BCUT2D eigenvalue weighted by molar-refractivity contribution is -0.113. The minimum Gasteiger partial charge on any atom is -0.307 e. The van der Waals surface area contributed by atoms with Crippen molar-refractivity contribution in [2.75, 3.05) is 6.54 Å². The van der Waals surface area contributed by atoms with E-state index in [9.17, 15) is 9.59 Å². The van der Waals surface area contributed by atoms with E-state index in [1.165, 1.54) is 12.8 Å². The monoisotopic (exact) mass is 171 g/mol. The number of unbranched alkanes of at least 4 members (excludes halogenated alkanes) is 2. The molecule has 0 unspecified atom stereocenters. The van der Waals surface area contributed by atoms with Crippen LogP contribution in [-0.4, -0.2) is 25.2 Å². The van der Waals surface area contributed by atoms with Crippen LogP contribution in [0.1, 0.15) is 32.6 Å². The highest BCUT2D eigenvalue weighted by Crippen LogP contribution is 1.92. The lowest BCUT2D eigenvalue weighted by Crippen LogP contribution is -2.31. The van der Waals surface area contributed by atoms with Gasteiger partial charge in [0, 0.05) is 6.42 Å². The predicted molar refractivity (Wildman–Crippen MR) is 48.1 cm³/mol. The molecule has 0 aliphatic rings. The van der Waals surface area contributed by atoms with E-state index in [4.69, 9.17) is 0 Å². The Kier molecular flexibility index (Phi) is 7.91. The number of carbonyl (C=O) groups excluding carboxylic acids is 2. The first kappa shape index (κ1) is 11.3. The first-order chi connectivity index (χ1) is 5.85. The lowest BCUT2D eigenvalue weighted by Gasteiger charge is -2.08. The van der Waals surface area contributed by atoms with Crippen molar-refractivity contribution in [1.29, 1.82) is 0 Å². The van der Waals surface area contributed by atoms with Gasteiger partial charge in [0.05, 0.1) is 6.04 Å². The fourth-order valence-corrected chi connectivity index (χ4v) is 0.953. The molecule has 0 fully saturated rings. The van der Waals surface area contributed by atoms with Gasteiger partial charge >= 0.3 is 0 Å². The summed E-state index contributed by atoms with van der Waals surface area (Å²) in [5.74, 6) is 0. The first-order valence-electron chi connectivity index (χ1n) is 4.47. The van der Waals surface area contributed by atoms with E-state index in [1.807, 2.05) is 0 Å². The molecular weight excluding hydrogens is 154 g/mol. The average Bonchev–Trinajstić information content (AvgIpc) is 2.10. The first-order valence-corrected chi connectivity index (χ1v) is 4.47. The Morgan fingerprint density at radius 2 is 2.08 bits per heavy atom. The molecule has 1 N–H and O–H groups in total. The van der Waals surface area contributed by atoms with Gasteiger partial charge in [-0.2, -0.15) is 0 Å². The smallest absolute Gasteiger partial charge is 0.137 e. The molecule has 12 heavy (non-hydrogen) atoms. The molecule has 0 bridgehead atoms. The molecule has 0 aliphatic carbocycles. The summed E-state index contributed by atoms with van der Waals surface area (Å²) in [4.78, 5) is 20.4. The van der Waals surface area contributed by atoms with Crippen LogP contribution < -0.4 is 5.32 Å². The van der Waals surface area contributed by atoms with Crippen LogP contribution in [0.4, 0.5) is 0 Å². The Bertz CT molecular complexity index is 126. The molecule has 0 amide bonds. The summed E-state index contributed by atoms with van der Waals surface area (Å²) in [5.41, 5.74) is 0. The second-order valence-corrected chi connectivity index (χ2v) is 2.81. The molecule has 0 aromatic rings. The number of carbonyl (C=O) groups is 2. The predicted octanol–water partition coefficient (Wildman–Crippen LogP) is 0.923. The highest BCUT2D eigenvalue weighted by molar-refractivity contribution is 5.65. The molecule has 0 radical (unpaired) electrons. The van der Waals surface area contributed by atoms with Gasteiger partial charge in [-0.1, -0.05) is 19.8 Å². The van der Waals surface area contributed by atoms with Crippen molar-refractivity contribution in [1.82, 2.24) is 5.32 Å². The van der Waals surface area contributed by atoms with Crippen LogP contribution in [0.25, 0.3) is 0 Å². The summed E-state index contributed by atoms with van der Waals surface area (Å²) in [7, 11) is 0. The summed E-state index contributed by atoms with van der Waals surface area (Å²) in [6.07, 6.45) is 5.25. The topological polar surface area (TPSA) is 46.2 Å². The maximum absolute atomic E-state index is 10.3. The van der Waals surface area contributed by atoms with Crippen LogP contribution in [-0.2, 0) is 9.59 Å². The zero-order valence-corrected chi connectivity index (χ0v) is 7.58. The Balaban J connectivity index is 3.31. The van der Waals surface area contributed by atoms with Crippen molar-refractivity contribution in [3.05, 3.63) is 0 Å². The standard InChI is InChI=1S/C9H17NO2/c1-2-3-4-6-10-9(8-12)5-7-11/h7-10H,2-6H2,1H3/t9-/m0/s1. The number of aldehydes is 2. The second-order valence-electron chi connectivity index (χ2n) is 2.81. The van der Waals surface area contributed by atoms with Gasteiger partial charge in [0.1, 0.15) is 12.6 Å². The van der Waals surface area contributed by atoms with Crippen molar-refractivity contribution < 1.29 is 9.59 Å². The third-order valence-electron chi connectivity index (χ3n) is 1.70. The van der Waals surface area contributed by atoms with E-state index in [0.29, 0.717) is 0 Å². The molecule has 0 rings (SSSR count). The normalized spacial score (nSPS) is 12.4. The summed E-state index contributed by atoms with van der Waals surface area (Å²) in [6.45, 7) is 2.95. The van der Waals surface area contributed by atoms with Gasteiger partial charge in [-0.15, -0.1) is 0 Å². The molecule has 0 saturated carbocycles. The Hall–Kier alpha value is -0.700. The van der Waals surface area contributed by atoms with E-state index in [2.05, 4.69) is 12.2 Å². The van der Waals surface area contributed by atoms with Crippen LogP contribution in [0.15, 0.2) is 0 Å². The van der Waals surface area contributed by atoms with Crippen molar-refractivity contribution in [3.8, 4) is 0 Å². The molecule has 0 spiro atoms. The number of hydrogen-bond donors (Lipinski definition) is 1. The Morgan fingerprint density at radius 3 is 2.58 bits per heavy atom. The number of hydrogen-bond acceptors (Lipinski definition) is 3. The minimum atomic E-state index is -0.278. The summed E-state index contributed by atoms with van der Waals surface area (Å²) in [5, 5.41) is 3.01. The molecule has 1 atom stereocenters. The number of rotatable bonds is 8. The third-order valence-corrected chi connectivity index (χ3v) is 1.70. The van der Waals surface area contributed by atoms with Gasteiger partial charge in [-0.25, -0.2) is 0 Å². The van der Waals surface area contributed by atoms with Gasteiger partial charge < -0.3 is 14.9 Å². The van der Waals surface area contributed by atoms with E-state index < -0.39 is 0 Å². The summed E-state index contributed by atoms with van der Waals surface area (Å²) < 4.78 is 0. The van der Waals surface area contributed by atoms with Crippen molar-refractivity contribution in [3.63, 3.8) is 0 Å². The maximum Gasteiger partial charge on any atom is 0.137 e. The molecule has 0 saturated heterocycles. The molecule has 3 heteroatoms. The molecule has 0 heterocycles. The largest absolute Gasteiger partial charge is 0.307 e. The van der Waals surface area contributed by atoms with Crippen molar-refractivity contribution in [2.24, 2.45) is 0 Å². The van der Waals surface area contributed by atoms with Gasteiger partial charge in [0.25, 0.3) is 0 Å². The van der Waals surface area contributed by atoms with E-state index >= 15 is 0 Å². The number of nitrogens with one attached hydrogen (secondary N) is 1. The quantitative estimate of drug-likeness (QED) is 0.436. The molecule has 70 valence electrons. The van der Waals surface area contributed by atoms with Crippen LogP contribution >= 0.6 is 0 Å². The lowest BCUT2D eigenvalue weighted by atomic mass is 10.2. The van der Waals surface area contributed by atoms with Crippen LogP contribution in [0.2, 0.25) is 0 Å². The van der Waals surface area contributed by atoms with Crippen molar-refractivity contribution in [2.45, 2.75) is 38.6 Å². The molecule has 3 nitrogen and oxygen atoms in total. The molecule has 0 aromatic heterocycles. The zero-order valence-electron chi connectivity index (χ0n) is 7.58. The van der Waals surface area contributed by atoms with E-state index in [0.717, 1.165) is 25.5 Å². The average molecular weight is 171 g/mol. The fourth-order valence-electron chi connectivity index (χ4n) is 0.953. The van der Waals surface area contributed by atoms with Crippen LogP contribution in [0.5, 0.6) is 0 Å². The molecule has 0 aliphatic heterocycles. The summed E-state index contributed by atoms with van der Waals surface area (Å²) >= 11 is 0. The van der Waals surface area contributed by atoms with E-state index in [1.54, 1.807) is 0 Å². The minimum absolute atomic E-state index is 0.278. The van der Waals surface area contributed by atoms with Gasteiger partial charge in [-0.3, -0.25) is 0 Å². The van der Waals surface area contributed by atoms with E-state index in [-0.39, 0.29) is 12.5 Å². The Morgan fingerprint density at radius 1 is 1.33 bits per heavy atom. The second kappa shape index (κ2) is 8.40. The SMILES string of the molecule is CCCCCN[C@H](C=O)CC=O. The van der Waals surface area contributed by atoms with Crippen LogP contribution in [0, 0.1) is 0 Å². The third kappa shape index (κ3) is 6.04.